The second-order valence-corrected chi connectivity index (χ2v) is 5.62. The largest absolute Gasteiger partial charge is 0.494 e. The van der Waals surface area contributed by atoms with E-state index in [1.165, 1.54) is 12.1 Å². The van der Waals surface area contributed by atoms with Gasteiger partial charge in [0.05, 0.1) is 6.61 Å². The van der Waals surface area contributed by atoms with Crippen LogP contribution < -0.4 is 14.4 Å². The van der Waals surface area contributed by atoms with Gasteiger partial charge in [-0.05, 0) is 67.8 Å². The van der Waals surface area contributed by atoms with E-state index in [2.05, 4.69) is 0 Å². The van der Waals surface area contributed by atoms with Crippen LogP contribution in [0.3, 0.4) is 0 Å². The molecule has 0 N–H and O–H groups in total. The summed E-state index contributed by atoms with van der Waals surface area (Å²) in [6.45, 7) is 3.11. The van der Waals surface area contributed by atoms with E-state index in [0.29, 0.717) is 18.9 Å². The van der Waals surface area contributed by atoms with Gasteiger partial charge in [0.15, 0.2) is 6.61 Å². The van der Waals surface area contributed by atoms with Crippen molar-refractivity contribution in [1.29, 1.82) is 0 Å². The molecule has 0 bridgehead atoms. The highest BCUT2D eigenvalue weighted by atomic mass is 19.1. The van der Waals surface area contributed by atoms with E-state index >= 15 is 0 Å². The van der Waals surface area contributed by atoms with Gasteiger partial charge in [-0.2, -0.15) is 0 Å². The Balaban J connectivity index is 1.63. The molecular weight excluding hydrogens is 309 g/mol. The van der Waals surface area contributed by atoms with Crippen LogP contribution >= 0.6 is 0 Å². The maximum absolute atomic E-state index is 13.3. The van der Waals surface area contributed by atoms with Gasteiger partial charge in [-0.25, -0.2) is 4.39 Å². The van der Waals surface area contributed by atoms with Crippen LogP contribution in [0.5, 0.6) is 11.5 Å². The number of halogens is 1. The summed E-state index contributed by atoms with van der Waals surface area (Å²) in [5.74, 6) is 0.983. The van der Waals surface area contributed by atoms with Crippen molar-refractivity contribution in [2.75, 3.05) is 24.7 Å². The lowest BCUT2D eigenvalue weighted by molar-refractivity contribution is -0.120. The van der Waals surface area contributed by atoms with Crippen LogP contribution in [0.4, 0.5) is 10.1 Å². The number of benzene rings is 2. The minimum atomic E-state index is -0.270. The van der Waals surface area contributed by atoms with Crippen molar-refractivity contribution in [3.63, 3.8) is 0 Å². The number of anilines is 1. The Labute approximate surface area is 140 Å². The predicted octanol–water partition coefficient (Wildman–Crippen LogP) is 3.58. The van der Waals surface area contributed by atoms with Crippen LogP contribution in [0.15, 0.2) is 42.5 Å². The normalized spacial score (nSPS) is 13.3. The molecule has 1 aliphatic heterocycles. The first-order valence-electron chi connectivity index (χ1n) is 8.12. The topological polar surface area (TPSA) is 38.8 Å². The van der Waals surface area contributed by atoms with E-state index in [0.717, 1.165) is 29.8 Å². The summed E-state index contributed by atoms with van der Waals surface area (Å²) in [7, 11) is 0. The van der Waals surface area contributed by atoms with E-state index in [-0.39, 0.29) is 18.3 Å². The summed E-state index contributed by atoms with van der Waals surface area (Å²) < 4.78 is 24.3. The third-order valence-electron chi connectivity index (χ3n) is 3.96. The molecule has 2 aromatic rings. The minimum absolute atomic E-state index is 0.0508. The Bertz CT molecular complexity index is 715. The summed E-state index contributed by atoms with van der Waals surface area (Å²) in [5, 5.41) is 0. The zero-order chi connectivity index (χ0) is 16.9. The lowest BCUT2D eigenvalue weighted by Gasteiger charge is -2.29. The zero-order valence-corrected chi connectivity index (χ0v) is 13.6. The fourth-order valence-corrected chi connectivity index (χ4v) is 2.85. The van der Waals surface area contributed by atoms with Gasteiger partial charge < -0.3 is 14.4 Å². The molecule has 0 spiro atoms. The number of amides is 1. The Morgan fingerprint density at radius 1 is 1.12 bits per heavy atom. The molecule has 1 aliphatic rings. The molecule has 24 heavy (non-hydrogen) atoms. The SMILES string of the molecule is CCOc1ccc(OCC(=O)N2CCCc3cc(F)ccc32)cc1. The molecule has 0 atom stereocenters. The number of aryl methyl sites for hydroxylation is 1. The molecule has 0 fully saturated rings. The number of fused-ring (bicyclic) bond motifs is 1. The van der Waals surface area contributed by atoms with Crippen molar-refractivity contribution < 1.29 is 18.7 Å². The van der Waals surface area contributed by atoms with E-state index in [1.807, 2.05) is 19.1 Å². The first kappa shape index (κ1) is 16.3. The van der Waals surface area contributed by atoms with Gasteiger partial charge in [-0.15, -0.1) is 0 Å². The van der Waals surface area contributed by atoms with Crippen molar-refractivity contribution in [3.05, 3.63) is 53.8 Å². The van der Waals surface area contributed by atoms with E-state index in [9.17, 15) is 9.18 Å². The number of carbonyl (C=O) groups excluding carboxylic acids is 1. The van der Waals surface area contributed by atoms with Gasteiger partial charge in [0.25, 0.3) is 5.91 Å². The first-order valence-corrected chi connectivity index (χ1v) is 8.12. The predicted molar refractivity (Wildman–Crippen MR) is 90.2 cm³/mol. The highest BCUT2D eigenvalue weighted by Crippen LogP contribution is 2.28. The number of hydrogen-bond donors (Lipinski definition) is 0. The monoisotopic (exact) mass is 329 g/mol. The molecule has 0 saturated heterocycles. The molecule has 2 aromatic carbocycles. The third kappa shape index (κ3) is 3.67. The molecule has 3 rings (SSSR count). The average molecular weight is 329 g/mol. The van der Waals surface area contributed by atoms with Crippen molar-refractivity contribution in [2.24, 2.45) is 0 Å². The Hall–Kier alpha value is -2.56. The number of hydrogen-bond acceptors (Lipinski definition) is 3. The molecule has 0 aliphatic carbocycles. The summed E-state index contributed by atoms with van der Waals surface area (Å²) in [6.07, 6.45) is 1.61. The zero-order valence-electron chi connectivity index (χ0n) is 13.6. The summed E-state index contributed by atoms with van der Waals surface area (Å²) in [5.41, 5.74) is 1.65. The molecule has 126 valence electrons. The molecule has 1 amide bonds. The van der Waals surface area contributed by atoms with Crippen molar-refractivity contribution in [1.82, 2.24) is 0 Å². The van der Waals surface area contributed by atoms with E-state index < -0.39 is 0 Å². The van der Waals surface area contributed by atoms with Crippen molar-refractivity contribution in [3.8, 4) is 11.5 Å². The van der Waals surface area contributed by atoms with Gasteiger partial charge in [0, 0.05) is 12.2 Å². The van der Waals surface area contributed by atoms with Crippen LogP contribution in [-0.2, 0) is 11.2 Å². The van der Waals surface area contributed by atoms with Crippen LogP contribution in [-0.4, -0.2) is 25.7 Å². The number of nitrogens with zero attached hydrogens (tertiary/aromatic N) is 1. The van der Waals surface area contributed by atoms with Crippen LogP contribution in [0.25, 0.3) is 0 Å². The molecule has 5 heteroatoms. The van der Waals surface area contributed by atoms with E-state index in [1.54, 1.807) is 23.1 Å². The highest BCUT2D eigenvalue weighted by molar-refractivity contribution is 5.95. The quantitative estimate of drug-likeness (QED) is 0.841. The fraction of sp³-hybridized carbons (Fsp3) is 0.316. The molecule has 4 nitrogen and oxygen atoms in total. The number of carbonyl (C=O) groups is 1. The molecular formula is C19H20FNO3. The average Bonchev–Trinajstić information content (AvgIpc) is 2.60. The second-order valence-electron chi connectivity index (χ2n) is 5.62. The lowest BCUT2D eigenvalue weighted by Crippen LogP contribution is -2.38. The smallest absolute Gasteiger partial charge is 0.264 e. The van der Waals surface area contributed by atoms with Crippen LogP contribution in [0.1, 0.15) is 18.9 Å². The van der Waals surface area contributed by atoms with Crippen LogP contribution in [0.2, 0.25) is 0 Å². The van der Waals surface area contributed by atoms with Gasteiger partial charge in [0.1, 0.15) is 17.3 Å². The Morgan fingerprint density at radius 2 is 1.83 bits per heavy atom. The molecule has 0 radical (unpaired) electrons. The highest BCUT2D eigenvalue weighted by Gasteiger charge is 2.23. The number of rotatable bonds is 5. The Morgan fingerprint density at radius 3 is 2.54 bits per heavy atom. The van der Waals surface area contributed by atoms with Gasteiger partial charge >= 0.3 is 0 Å². The summed E-state index contributed by atoms with van der Waals surface area (Å²) in [6, 6.07) is 11.7. The van der Waals surface area contributed by atoms with Crippen molar-refractivity contribution >= 4 is 11.6 Å². The summed E-state index contributed by atoms with van der Waals surface area (Å²) >= 11 is 0. The molecule has 0 aromatic heterocycles. The van der Waals surface area contributed by atoms with Gasteiger partial charge in [-0.1, -0.05) is 0 Å². The van der Waals surface area contributed by atoms with Crippen molar-refractivity contribution in [2.45, 2.75) is 19.8 Å². The maximum Gasteiger partial charge on any atom is 0.264 e. The lowest BCUT2D eigenvalue weighted by atomic mass is 10.0. The molecule has 0 saturated carbocycles. The minimum Gasteiger partial charge on any atom is -0.494 e. The molecule has 1 heterocycles. The maximum atomic E-state index is 13.3. The first-order chi connectivity index (χ1) is 11.7. The summed E-state index contributed by atoms with van der Waals surface area (Å²) in [4.78, 5) is 14.1. The number of ether oxygens (including phenoxy) is 2. The standard InChI is InChI=1S/C19H20FNO3/c1-2-23-16-6-8-17(9-7-16)24-13-19(22)21-11-3-4-14-12-15(20)5-10-18(14)21/h5-10,12H,2-4,11,13H2,1H3. The van der Waals surface area contributed by atoms with Crippen LogP contribution in [0, 0.1) is 5.82 Å². The van der Waals surface area contributed by atoms with E-state index in [4.69, 9.17) is 9.47 Å². The van der Waals surface area contributed by atoms with Gasteiger partial charge in [0.2, 0.25) is 0 Å². The van der Waals surface area contributed by atoms with Gasteiger partial charge in [-0.3, -0.25) is 4.79 Å². The fourth-order valence-electron chi connectivity index (χ4n) is 2.85. The molecule has 0 unspecified atom stereocenters. The Kier molecular flexibility index (Phi) is 4.99. The second kappa shape index (κ2) is 7.34. The third-order valence-corrected chi connectivity index (χ3v) is 3.96.